The first-order chi connectivity index (χ1) is 10.1. The number of nitrogens with zero attached hydrogens (tertiary/aromatic N) is 2. The minimum Gasteiger partial charge on any atom is -0.506 e. The molecule has 0 spiro atoms. The summed E-state index contributed by atoms with van der Waals surface area (Å²) >= 11 is 0. The zero-order valence-electron chi connectivity index (χ0n) is 11.9. The van der Waals surface area contributed by atoms with Crippen molar-refractivity contribution < 1.29 is 14.6 Å². The topological polar surface area (TPSA) is 76.4 Å². The van der Waals surface area contributed by atoms with Crippen LogP contribution in [0.15, 0.2) is 36.5 Å². The Bertz CT molecular complexity index is 662. The minimum absolute atomic E-state index is 0.0175. The summed E-state index contributed by atoms with van der Waals surface area (Å²) in [5, 5.41) is 16.4. The lowest BCUT2D eigenvalue weighted by atomic mass is 10.2. The number of aryl methyl sites for hydroxylation is 1. The molecular formula is C15H17N3O3. The molecule has 0 aliphatic rings. The minimum atomic E-state index is -0.345. The van der Waals surface area contributed by atoms with Gasteiger partial charge in [-0.2, -0.15) is 5.10 Å². The molecule has 2 aromatic rings. The number of hydrogen-bond acceptors (Lipinski definition) is 4. The number of rotatable bonds is 5. The molecule has 0 saturated carbocycles. The molecule has 1 aromatic heterocycles. The average molecular weight is 287 g/mol. The van der Waals surface area contributed by atoms with Crippen LogP contribution in [0.1, 0.15) is 12.6 Å². The van der Waals surface area contributed by atoms with Crippen molar-refractivity contribution in [1.29, 1.82) is 0 Å². The summed E-state index contributed by atoms with van der Waals surface area (Å²) in [7, 11) is 1.52. The van der Waals surface area contributed by atoms with Crippen LogP contribution in [0.5, 0.6) is 11.5 Å². The monoisotopic (exact) mass is 287 g/mol. The molecule has 0 unspecified atom stereocenters. The van der Waals surface area contributed by atoms with Crippen molar-refractivity contribution in [2.24, 2.45) is 0 Å². The number of phenolic OH excluding ortho intramolecular Hbond substituents is 1. The highest BCUT2D eigenvalue weighted by molar-refractivity contribution is 6.02. The molecule has 0 radical (unpaired) electrons. The second-order valence-electron chi connectivity index (χ2n) is 4.28. The Balaban J connectivity index is 2.08. The van der Waals surface area contributed by atoms with Crippen LogP contribution in [0.2, 0.25) is 0 Å². The molecule has 0 aliphatic carbocycles. The number of carbonyl (C=O) groups excluding carboxylic acids is 1. The fourth-order valence-corrected chi connectivity index (χ4v) is 1.83. The van der Waals surface area contributed by atoms with E-state index in [0.717, 1.165) is 12.2 Å². The summed E-state index contributed by atoms with van der Waals surface area (Å²) in [4.78, 5) is 11.9. The van der Waals surface area contributed by atoms with Gasteiger partial charge in [0.25, 0.3) is 0 Å². The molecule has 0 bridgehead atoms. The first-order valence-electron chi connectivity index (χ1n) is 6.52. The summed E-state index contributed by atoms with van der Waals surface area (Å²) in [6.07, 6.45) is 4.74. The molecule has 6 nitrogen and oxygen atoms in total. The molecule has 6 heteroatoms. The van der Waals surface area contributed by atoms with Crippen molar-refractivity contribution in [3.63, 3.8) is 0 Å². The number of hydrogen-bond donors (Lipinski definition) is 2. The van der Waals surface area contributed by atoms with Crippen LogP contribution < -0.4 is 10.1 Å². The van der Waals surface area contributed by atoms with Gasteiger partial charge < -0.3 is 15.2 Å². The maximum atomic E-state index is 11.9. The van der Waals surface area contributed by atoms with Crippen LogP contribution in [-0.4, -0.2) is 27.9 Å². The van der Waals surface area contributed by atoms with Crippen LogP contribution >= 0.6 is 0 Å². The second-order valence-corrected chi connectivity index (χ2v) is 4.28. The molecule has 2 N–H and O–H groups in total. The van der Waals surface area contributed by atoms with Crippen LogP contribution in [0.4, 0.5) is 5.69 Å². The molecule has 0 aliphatic heterocycles. The van der Waals surface area contributed by atoms with E-state index in [2.05, 4.69) is 10.4 Å². The van der Waals surface area contributed by atoms with Crippen LogP contribution in [0.3, 0.4) is 0 Å². The Kier molecular flexibility index (Phi) is 4.61. The van der Waals surface area contributed by atoms with Gasteiger partial charge in [0.15, 0.2) is 0 Å². The van der Waals surface area contributed by atoms with E-state index < -0.39 is 0 Å². The number of anilines is 1. The Morgan fingerprint density at radius 2 is 2.29 bits per heavy atom. The maximum absolute atomic E-state index is 11.9. The third-order valence-corrected chi connectivity index (χ3v) is 2.92. The summed E-state index contributed by atoms with van der Waals surface area (Å²) in [5.41, 5.74) is 1.13. The highest BCUT2D eigenvalue weighted by Gasteiger charge is 2.06. The largest absolute Gasteiger partial charge is 0.506 e. The number of ether oxygens (including phenoxy) is 1. The van der Waals surface area contributed by atoms with Gasteiger partial charge in [0.2, 0.25) is 5.91 Å². The third-order valence-electron chi connectivity index (χ3n) is 2.92. The lowest BCUT2D eigenvalue weighted by Crippen LogP contribution is -2.08. The van der Waals surface area contributed by atoms with Crippen molar-refractivity contribution in [2.45, 2.75) is 13.5 Å². The van der Waals surface area contributed by atoms with E-state index >= 15 is 0 Å². The maximum Gasteiger partial charge on any atom is 0.248 e. The van der Waals surface area contributed by atoms with Crippen LogP contribution in [-0.2, 0) is 11.3 Å². The fourth-order valence-electron chi connectivity index (χ4n) is 1.83. The molecule has 0 saturated heterocycles. The predicted octanol–water partition coefficient (Wildman–Crippen LogP) is 2.27. The van der Waals surface area contributed by atoms with Gasteiger partial charge >= 0.3 is 0 Å². The van der Waals surface area contributed by atoms with Gasteiger partial charge in [0.1, 0.15) is 11.5 Å². The number of methoxy groups -OCH3 is 1. The number of carbonyl (C=O) groups is 1. The molecule has 1 heterocycles. The number of aromatic nitrogens is 2. The lowest BCUT2D eigenvalue weighted by molar-refractivity contribution is -0.111. The van der Waals surface area contributed by atoms with Gasteiger partial charge in [0, 0.05) is 24.9 Å². The van der Waals surface area contributed by atoms with Gasteiger partial charge in [-0.05, 0) is 31.2 Å². The highest BCUT2D eigenvalue weighted by atomic mass is 16.5. The van der Waals surface area contributed by atoms with E-state index in [-0.39, 0.29) is 11.7 Å². The van der Waals surface area contributed by atoms with Gasteiger partial charge in [-0.25, -0.2) is 0 Å². The van der Waals surface area contributed by atoms with E-state index in [9.17, 15) is 9.90 Å². The number of nitrogens with one attached hydrogen (secondary N) is 1. The third kappa shape index (κ3) is 3.62. The molecule has 110 valence electrons. The molecule has 1 amide bonds. The number of aromatic hydroxyl groups is 1. The van der Waals surface area contributed by atoms with Crippen molar-refractivity contribution in [1.82, 2.24) is 9.78 Å². The quantitative estimate of drug-likeness (QED) is 0.653. The smallest absolute Gasteiger partial charge is 0.248 e. The van der Waals surface area contributed by atoms with E-state index in [1.807, 2.05) is 13.0 Å². The Labute approximate surface area is 122 Å². The first-order valence-corrected chi connectivity index (χ1v) is 6.52. The van der Waals surface area contributed by atoms with E-state index in [1.54, 1.807) is 29.1 Å². The normalized spacial score (nSPS) is 10.8. The summed E-state index contributed by atoms with van der Waals surface area (Å²) < 4.78 is 6.82. The Morgan fingerprint density at radius 1 is 1.48 bits per heavy atom. The predicted molar refractivity (Wildman–Crippen MR) is 80.2 cm³/mol. The van der Waals surface area contributed by atoms with Gasteiger partial charge in [-0.1, -0.05) is 0 Å². The van der Waals surface area contributed by atoms with Crippen molar-refractivity contribution in [3.05, 3.63) is 42.2 Å². The fraction of sp³-hybridized carbons (Fsp3) is 0.200. The standard InChI is InChI=1S/C15H17N3O3/c1-3-18-11(8-9-16-18)4-7-15(20)17-13-10-12(21-2)5-6-14(13)19/h4-10,19H,3H2,1-2H3,(H,17,20)/b7-4+. The molecule has 21 heavy (non-hydrogen) atoms. The first kappa shape index (κ1) is 14.6. The summed E-state index contributed by atoms with van der Waals surface area (Å²) in [5.74, 6) is 0.190. The molecule has 1 aromatic carbocycles. The lowest BCUT2D eigenvalue weighted by Gasteiger charge is -2.07. The van der Waals surface area contributed by atoms with Gasteiger partial charge in [-0.15, -0.1) is 0 Å². The molecular weight excluding hydrogens is 270 g/mol. The van der Waals surface area contributed by atoms with Gasteiger partial charge in [-0.3, -0.25) is 9.48 Å². The van der Waals surface area contributed by atoms with Gasteiger partial charge in [0.05, 0.1) is 18.5 Å². The Hall–Kier alpha value is -2.76. The number of phenols is 1. The SMILES string of the molecule is CCn1nccc1/C=C/C(=O)Nc1cc(OC)ccc1O. The number of benzene rings is 1. The molecule has 0 atom stereocenters. The van der Waals surface area contributed by atoms with Crippen molar-refractivity contribution >= 4 is 17.7 Å². The van der Waals surface area contributed by atoms with Crippen molar-refractivity contribution in [2.75, 3.05) is 12.4 Å². The zero-order chi connectivity index (χ0) is 15.2. The van der Waals surface area contributed by atoms with Crippen LogP contribution in [0, 0.1) is 0 Å². The molecule has 0 fully saturated rings. The van der Waals surface area contributed by atoms with Crippen LogP contribution in [0.25, 0.3) is 6.08 Å². The zero-order valence-corrected chi connectivity index (χ0v) is 11.9. The average Bonchev–Trinajstić information content (AvgIpc) is 2.95. The number of amides is 1. The van der Waals surface area contributed by atoms with E-state index in [4.69, 9.17) is 4.74 Å². The second kappa shape index (κ2) is 6.60. The van der Waals surface area contributed by atoms with E-state index in [1.165, 1.54) is 19.3 Å². The van der Waals surface area contributed by atoms with Crippen molar-refractivity contribution in [3.8, 4) is 11.5 Å². The molecule has 2 rings (SSSR count). The van der Waals surface area contributed by atoms with E-state index in [0.29, 0.717) is 11.4 Å². The summed E-state index contributed by atoms with van der Waals surface area (Å²) in [6, 6.07) is 6.44. The Morgan fingerprint density at radius 3 is 3.00 bits per heavy atom. The summed E-state index contributed by atoms with van der Waals surface area (Å²) in [6.45, 7) is 2.70. The highest BCUT2D eigenvalue weighted by Crippen LogP contribution is 2.27.